The molecule has 0 aromatic carbocycles. The highest BCUT2D eigenvalue weighted by Gasteiger charge is 2.27. The van der Waals surface area contributed by atoms with Gasteiger partial charge >= 0.3 is 0 Å². The predicted octanol–water partition coefficient (Wildman–Crippen LogP) is -0.176. The Labute approximate surface area is 75.5 Å². The predicted molar refractivity (Wildman–Crippen MR) is 44.9 cm³/mol. The van der Waals surface area contributed by atoms with Gasteiger partial charge in [0, 0.05) is 6.54 Å². The third-order valence-corrected chi connectivity index (χ3v) is 2.07. The lowest BCUT2D eigenvalue weighted by Gasteiger charge is -2.26. The molecule has 1 aromatic heterocycles. The molecule has 1 saturated heterocycles. The lowest BCUT2D eigenvalue weighted by molar-refractivity contribution is -0.124. The number of nitrogens with one attached hydrogen (secondary N) is 2. The molecule has 2 atom stereocenters. The van der Waals surface area contributed by atoms with Crippen molar-refractivity contribution in [2.75, 3.05) is 6.54 Å². The van der Waals surface area contributed by atoms with Crippen LogP contribution in [0.15, 0.2) is 16.9 Å². The molecule has 70 valence electrons. The second-order valence-electron chi connectivity index (χ2n) is 3.06. The van der Waals surface area contributed by atoms with Gasteiger partial charge in [0.1, 0.15) is 12.3 Å². The summed E-state index contributed by atoms with van der Waals surface area (Å²) in [6.45, 7) is 2.34. The molecule has 0 aliphatic carbocycles. The molecule has 13 heavy (non-hydrogen) atoms. The minimum atomic E-state index is -0.189. The zero-order valence-corrected chi connectivity index (χ0v) is 7.28. The van der Waals surface area contributed by atoms with E-state index in [1.54, 1.807) is 6.20 Å². The fraction of sp³-hybridized carbons (Fsp3) is 0.500. The van der Waals surface area contributed by atoms with Crippen LogP contribution in [-0.2, 0) is 4.79 Å². The summed E-state index contributed by atoms with van der Waals surface area (Å²) >= 11 is 0. The Morgan fingerprint density at radius 2 is 2.54 bits per heavy atom. The Bertz CT molecular complexity index is 296. The van der Waals surface area contributed by atoms with Gasteiger partial charge in [-0.25, -0.2) is 4.98 Å². The molecule has 2 rings (SSSR count). The Morgan fingerprint density at radius 1 is 1.69 bits per heavy atom. The highest BCUT2D eigenvalue weighted by molar-refractivity contribution is 5.82. The normalized spacial score (nSPS) is 28.5. The molecular formula is C8H11N3O2. The van der Waals surface area contributed by atoms with Crippen LogP contribution in [0.5, 0.6) is 0 Å². The van der Waals surface area contributed by atoms with E-state index in [1.165, 1.54) is 6.26 Å². The van der Waals surface area contributed by atoms with Crippen molar-refractivity contribution < 1.29 is 9.21 Å². The van der Waals surface area contributed by atoms with Crippen molar-refractivity contribution in [2.45, 2.75) is 19.0 Å². The highest BCUT2D eigenvalue weighted by atomic mass is 16.3. The Balaban J connectivity index is 2.07. The standard InChI is InChI=1S/C8H11N3O2/c1-5-7(12)10-4-6(11-5)8-9-2-3-13-8/h2-3,5-6,11H,4H2,1H3,(H,10,12)/t5-,6?/m0/s1. The van der Waals surface area contributed by atoms with Gasteiger partial charge in [-0.2, -0.15) is 0 Å². The number of hydrogen-bond acceptors (Lipinski definition) is 4. The van der Waals surface area contributed by atoms with Crippen LogP contribution in [0.25, 0.3) is 0 Å². The van der Waals surface area contributed by atoms with Crippen LogP contribution < -0.4 is 10.6 Å². The molecule has 1 aromatic rings. The van der Waals surface area contributed by atoms with Gasteiger partial charge in [-0.1, -0.05) is 0 Å². The Morgan fingerprint density at radius 3 is 3.15 bits per heavy atom. The maximum Gasteiger partial charge on any atom is 0.236 e. The van der Waals surface area contributed by atoms with Crippen LogP contribution in [0.3, 0.4) is 0 Å². The molecule has 0 saturated carbocycles. The van der Waals surface area contributed by atoms with E-state index in [2.05, 4.69) is 15.6 Å². The van der Waals surface area contributed by atoms with Crippen molar-refractivity contribution in [3.05, 3.63) is 18.4 Å². The van der Waals surface area contributed by atoms with Gasteiger partial charge in [-0.15, -0.1) is 0 Å². The molecule has 0 bridgehead atoms. The largest absolute Gasteiger partial charge is 0.447 e. The first-order valence-electron chi connectivity index (χ1n) is 4.20. The molecule has 5 heteroatoms. The summed E-state index contributed by atoms with van der Waals surface area (Å²) in [5.74, 6) is 0.634. The molecule has 1 amide bonds. The average molecular weight is 181 g/mol. The number of piperazine rings is 1. The SMILES string of the molecule is C[C@@H]1NC(c2ncco2)CNC1=O. The van der Waals surface area contributed by atoms with Crippen molar-refractivity contribution in [3.8, 4) is 0 Å². The number of rotatable bonds is 1. The van der Waals surface area contributed by atoms with Crippen molar-refractivity contribution >= 4 is 5.91 Å². The Kier molecular flexibility index (Phi) is 2.02. The van der Waals surface area contributed by atoms with Gasteiger partial charge in [-0.3, -0.25) is 10.1 Å². The van der Waals surface area contributed by atoms with E-state index in [0.717, 1.165) is 0 Å². The monoisotopic (exact) mass is 181 g/mol. The van der Waals surface area contributed by atoms with E-state index in [9.17, 15) is 4.79 Å². The summed E-state index contributed by atoms with van der Waals surface area (Å²) in [4.78, 5) is 15.1. The van der Waals surface area contributed by atoms with Crippen molar-refractivity contribution in [1.29, 1.82) is 0 Å². The molecule has 1 aliphatic rings. The summed E-state index contributed by atoms with van der Waals surface area (Å²) in [5, 5.41) is 5.87. The minimum Gasteiger partial charge on any atom is -0.447 e. The van der Waals surface area contributed by atoms with Gasteiger partial charge in [-0.05, 0) is 6.92 Å². The third-order valence-electron chi connectivity index (χ3n) is 2.07. The summed E-state index contributed by atoms with van der Waals surface area (Å²) in [7, 11) is 0. The minimum absolute atomic E-state index is 0.0114. The maximum absolute atomic E-state index is 11.1. The van der Waals surface area contributed by atoms with Crippen LogP contribution >= 0.6 is 0 Å². The molecular weight excluding hydrogens is 170 g/mol. The summed E-state index contributed by atoms with van der Waals surface area (Å²) < 4.78 is 5.13. The van der Waals surface area contributed by atoms with E-state index >= 15 is 0 Å². The first-order valence-corrected chi connectivity index (χ1v) is 4.20. The van der Waals surface area contributed by atoms with Crippen LogP contribution in [-0.4, -0.2) is 23.5 Å². The van der Waals surface area contributed by atoms with Gasteiger partial charge in [0.05, 0.1) is 12.2 Å². The molecule has 2 N–H and O–H groups in total. The lowest BCUT2D eigenvalue weighted by atomic mass is 10.1. The Hall–Kier alpha value is -1.36. The van der Waals surface area contributed by atoms with E-state index in [1.807, 2.05) is 6.92 Å². The number of carbonyl (C=O) groups excluding carboxylic acids is 1. The van der Waals surface area contributed by atoms with E-state index in [-0.39, 0.29) is 18.0 Å². The van der Waals surface area contributed by atoms with E-state index < -0.39 is 0 Å². The quantitative estimate of drug-likeness (QED) is 0.631. The second-order valence-corrected chi connectivity index (χ2v) is 3.06. The summed E-state index contributed by atoms with van der Waals surface area (Å²) in [6, 6.07) is -0.201. The third kappa shape index (κ3) is 1.55. The van der Waals surface area contributed by atoms with E-state index in [4.69, 9.17) is 4.42 Å². The number of carbonyl (C=O) groups is 1. The summed E-state index contributed by atoms with van der Waals surface area (Å²) in [5.41, 5.74) is 0. The molecule has 5 nitrogen and oxygen atoms in total. The fourth-order valence-corrected chi connectivity index (χ4v) is 1.36. The van der Waals surface area contributed by atoms with Gasteiger partial charge in [0.2, 0.25) is 11.8 Å². The van der Waals surface area contributed by atoms with Crippen LogP contribution in [0.1, 0.15) is 18.9 Å². The lowest BCUT2D eigenvalue weighted by Crippen LogP contribution is -2.52. The second kappa shape index (κ2) is 3.18. The van der Waals surface area contributed by atoms with Gasteiger partial charge < -0.3 is 9.73 Å². The fourth-order valence-electron chi connectivity index (χ4n) is 1.36. The van der Waals surface area contributed by atoms with Crippen molar-refractivity contribution in [2.24, 2.45) is 0 Å². The number of amides is 1. The first kappa shape index (κ1) is 8.25. The van der Waals surface area contributed by atoms with Crippen molar-refractivity contribution in [3.63, 3.8) is 0 Å². The van der Waals surface area contributed by atoms with Crippen LogP contribution in [0.4, 0.5) is 0 Å². The molecule has 1 aliphatic heterocycles. The molecule has 0 spiro atoms. The number of hydrogen-bond donors (Lipinski definition) is 2. The number of nitrogens with zero attached hydrogens (tertiary/aromatic N) is 1. The smallest absolute Gasteiger partial charge is 0.236 e. The highest BCUT2D eigenvalue weighted by Crippen LogP contribution is 2.12. The first-order chi connectivity index (χ1) is 6.27. The van der Waals surface area contributed by atoms with Gasteiger partial charge in [0.25, 0.3) is 0 Å². The molecule has 1 unspecified atom stereocenters. The summed E-state index contributed by atoms with van der Waals surface area (Å²) in [6.07, 6.45) is 3.12. The zero-order chi connectivity index (χ0) is 9.26. The molecule has 2 heterocycles. The number of aromatic nitrogens is 1. The molecule has 0 radical (unpaired) electrons. The number of oxazole rings is 1. The van der Waals surface area contributed by atoms with Gasteiger partial charge in [0.15, 0.2) is 0 Å². The zero-order valence-electron chi connectivity index (χ0n) is 7.28. The topological polar surface area (TPSA) is 67.2 Å². The van der Waals surface area contributed by atoms with Crippen LogP contribution in [0.2, 0.25) is 0 Å². The maximum atomic E-state index is 11.1. The van der Waals surface area contributed by atoms with E-state index in [0.29, 0.717) is 12.4 Å². The average Bonchev–Trinajstić information content (AvgIpc) is 2.62. The van der Waals surface area contributed by atoms with Crippen LogP contribution in [0, 0.1) is 0 Å². The molecule has 1 fully saturated rings. The van der Waals surface area contributed by atoms with Crippen molar-refractivity contribution in [1.82, 2.24) is 15.6 Å².